The molecule has 0 aliphatic rings. The fourth-order valence-corrected chi connectivity index (χ4v) is 2.43. The van der Waals surface area contributed by atoms with Crippen molar-refractivity contribution in [1.82, 2.24) is 31.5 Å². The maximum Gasteiger partial charge on any atom is 0.256 e. The smallest absolute Gasteiger partial charge is 0.256 e. The number of alkyl halides is 1. The topological polar surface area (TPSA) is 80.0 Å². The molecule has 0 aliphatic heterocycles. The Bertz CT molecular complexity index is 420. The van der Waals surface area contributed by atoms with Crippen LogP contribution in [0.1, 0.15) is 41.5 Å². The molecule has 0 saturated heterocycles. The van der Waals surface area contributed by atoms with Gasteiger partial charge in [0.15, 0.2) is 0 Å². The number of rotatable bonds is 12. The second-order valence-electron chi connectivity index (χ2n) is 7.67. The average molecular weight is 437 g/mol. The van der Waals surface area contributed by atoms with E-state index in [0.29, 0.717) is 24.9 Å². The zero-order chi connectivity index (χ0) is 20.3. The standard InChI is InChI=1S/C17H37BrN6O2/c1-13(2)9-22(21-24(19-7)11-15(5)6)12-17(26)23(10-14(3)4)20-16(25)8-18/h13-15,19,21H,8-12H2,1-7H3,(H,20,25). The SMILES string of the molecule is CNN(CC(C)C)NN(CC(=O)N(CC(C)C)NC(=O)CBr)CC(C)C. The van der Waals surface area contributed by atoms with Gasteiger partial charge >= 0.3 is 0 Å². The lowest BCUT2D eigenvalue weighted by molar-refractivity contribution is -0.144. The molecule has 0 radical (unpaired) electrons. The predicted molar refractivity (Wildman–Crippen MR) is 109 cm³/mol. The van der Waals surface area contributed by atoms with Crippen LogP contribution in [0, 0.1) is 17.8 Å². The highest BCUT2D eigenvalue weighted by Gasteiger charge is 2.22. The summed E-state index contributed by atoms with van der Waals surface area (Å²) in [7, 11) is 1.84. The molecular weight excluding hydrogens is 400 g/mol. The molecule has 0 aromatic carbocycles. The lowest BCUT2D eigenvalue weighted by atomic mass is 10.2. The van der Waals surface area contributed by atoms with Gasteiger partial charge in [-0.15, -0.1) is 0 Å². The lowest BCUT2D eigenvalue weighted by Crippen LogP contribution is -2.60. The van der Waals surface area contributed by atoms with Crippen LogP contribution in [0.3, 0.4) is 0 Å². The van der Waals surface area contributed by atoms with Crippen LogP contribution in [0.5, 0.6) is 0 Å². The highest BCUT2D eigenvalue weighted by Crippen LogP contribution is 2.02. The molecule has 9 heteroatoms. The van der Waals surface area contributed by atoms with Gasteiger partial charge in [0.25, 0.3) is 5.91 Å². The molecule has 0 unspecified atom stereocenters. The van der Waals surface area contributed by atoms with E-state index in [9.17, 15) is 9.59 Å². The largest absolute Gasteiger partial charge is 0.272 e. The minimum atomic E-state index is -0.237. The van der Waals surface area contributed by atoms with Crippen LogP contribution < -0.4 is 16.4 Å². The number of nitrogens with one attached hydrogen (secondary N) is 3. The zero-order valence-corrected chi connectivity index (χ0v) is 18.9. The number of hydrazine groups is 4. The molecule has 0 atom stereocenters. The van der Waals surface area contributed by atoms with E-state index in [0.717, 1.165) is 6.54 Å². The quantitative estimate of drug-likeness (QED) is 0.316. The number of nitrogens with zero attached hydrogens (tertiary/aromatic N) is 3. The molecule has 0 aromatic rings. The van der Waals surface area contributed by atoms with Crippen molar-refractivity contribution in [3.05, 3.63) is 0 Å². The Labute approximate surface area is 167 Å². The molecule has 0 saturated carbocycles. The minimum absolute atomic E-state index is 0.151. The summed E-state index contributed by atoms with van der Waals surface area (Å²) in [6.07, 6.45) is 0. The van der Waals surface area contributed by atoms with E-state index < -0.39 is 0 Å². The van der Waals surface area contributed by atoms with Crippen molar-refractivity contribution in [1.29, 1.82) is 0 Å². The Morgan fingerprint density at radius 1 is 0.923 bits per heavy atom. The molecule has 26 heavy (non-hydrogen) atoms. The summed E-state index contributed by atoms with van der Waals surface area (Å²) in [6, 6.07) is 0. The molecule has 0 aromatic heterocycles. The highest BCUT2D eigenvalue weighted by atomic mass is 79.9. The van der Waals surface area contributed by atoms with Crippen LogP contribution >= 0.6 is 15.9 Å². The Morgan fingerprint density at radius 2 is 1.46 bits per heavy atom. The monoisotopic (exact) mass is 436 g/mol. The number of carbonyl (C=O) groups excluding carboxylic acids is 2. The maximum absolute atomic E-state index is 12.8. The van der Waals surface area contributed by atoms with E-state index in [1.165, 1.54) is 5.01 Å². The first-order valence-electron chi connectivity index (χ1n) is 9.20. The average Bonchev–Trinajstić information content (AvgIpc) is 2.51. The van der Waals surface area contributed by atoms with Gasteiger partial charge < -0.3 is 0 Å². The van der Waals surface area contributed by atoms with E-state index in [1.54, 1.807) is 0 Å². The second-order valence-corrected chi connectivity index (χ2v) is 8.23. The van der Waals surface area contributed by atoms with E-state index in [2.05, 4.69) is 60.0 Å². The fourth-order valence-electron chi connectivity index (χ4n) is 2.30. The summed E-state index contributed by atoms with van der Waals surface area (Å²) in [5.41, 5.74) is 9.02. The molecule has 0 aliphatic carbocycles. The molecule has 2 amide bonds. The molecular formula is C17H37BrN6O2. The van der Waals surface area contributed by atoms with E-state index >= 15 is 0 Å². The molecule has 0 spiro atoms. The van der Waals surface area contributed by atoms with Gasteiger partial charge in [0.1, 0.15) is 0 Å². The first-order valence-corrected chi connectivity index (χ1v) is 10.3. The van der Waals surface area contributed by atoms with Crippen molar-refractivity contribution in [2.75, 3.05) is 38.6 Å². The van der Waals surface area contributed by atoms with Gasteiger partial charge in [0, 0.05) is 26.7 Å². The molecule has 0 rings (SSSR count). The Hall–Kier alpha value is -0.740. The fraction of sp³-hybridized carbons (Fsp3) is 0.882. The summed E-state index contributed by atoms with van der Waals surface area (Å²) in [5.74, 6) is 0.697. The van der Waals surface area contributed by atoms with Gasteiger partial charge in [-0.3, -0.25) is 20.0 Å². The van der Waals surface area contributed by atoms with Crippen molar-refractivity contribution < 1.29 is 9.59 Å². The summed E-state index contributed by atoms with van der Waals surface area (Å²) in [5, 5.41) is 5.31. The molecule has 3 N–H and O–H groups in total. The Kier molecular flexibility index (Phi) is 13.0. The number of hydrogen-bond acceptors (Lipinski definition) is 6. The van der Waals surface area contributed by atoms with Gasteiger partial charge in [0.2, 0.25) is 5.91 Å². The first-order chi connectivity index (χ1) is 12.1. The lowest BCUT2D eigenvalue weighted by Gasteiger charge is -2.34. The molecule has 0 heterocycles. The summed E-state index contributed by atoms with van der Waals surface area (Å²) in [4.78, 5) is 24.5. The van der Waals surface area contributed by atoms with Crippen LogP contribution in [-0.4, -0.2) is 65.5 Å². The van der Waals surface area contributed by atoms with Crippen LogP contribution in [-0.2, 0) is 9.59 Å². The number of amides is 2. The van der Waals surface area contributed by atoms with Crippen LogP contribution in [0.4, 0.5) is 0 Å². The zero-order valence-electron chi connectivity index (χ0n) is 17.3. The van der Waals surface area contributed by atoms with E-state index in [4.69, 9.17) is 0 Å². The minimum Gasteiger partial charge on any atom is -0.272 e. The third-order valence-corrected chi connectivity index (χ3v) is 3.73. The predicted octanol–water partition coefficient (Wildman–Crippen LogP) is 1.37. The highest BCUT2D eigenvalue weighted by molar-refractivity contribution is 9.09. The Balaban J connectivity index is 5.06. The number of halogens is 1. The summed E-state index contributed by atoms with van der Waals surface area (Å²) < 4.78 is 0. The van der Waals surface area contributed by atoms with Crippen LogP contribution in [0.25, 0.3) is 0 Å². The first kappa shape index (κ1) is 25.3. The second kappa shape index (κ2) is 13.4. The third-order valence-electron chi connectivity index (χ3n) is 3.22. The van der Waals surface area contributed by atoms with E-state index in [-0.39, 0.29) is 29.6 Å². The van der Waals surface area contributed by atoms with Crippen LogP contribution in [0.15, 0.2) is 0 Å². The summed E-state index contributed by atoms with van der Waals surface area (Å²) in [6.45, 7) is 14.6. The van der Waals surface area contributed by atoms with Gasteiger partial charge in [-0.1, -0.05) is 57.5 Å². The maximum atomic E-state index is 12.8. The van der Waals surface area contributed by atoms with Gasteiger partial charge in [-0.05, 0) is 17.8 Å². The van der Waals surface area contributed by atoms with Crippen molar-refractivity contribution in [2.45, 2.75) is 41.5 Å². The van der Waals surface area contributed by atoms with Gasteiger partial charge in [0.05, 0.1) is 11.9 Å². The van der Waals surface area contributed by atoms with Gasteiger partial charge in [-0.25, -0.2) is 10.4 Å². The molecule has 154 valence electrons. The summed E-state index contributed by atoms with van der Waals surface area (Å²) >= 11 is 3.12. The molecule has 8 nitrogen and oxygen atoms in total. The van der Waals surface area contributed by atoms with Crippen LogP contribution in [0.2, 0.25) is 0 Å². The van der Waals surface area contributed by atoms with Crippen molar-refractivity contribution in [2.24, 2.45) is 17.8 Å². The normalized spacial score (nSPS) is 11.9. The van der Waals surface area contributed by atoms with Crippen molar-refractivity contribution >= 4 is 27.7 Å². The van der Waals surface area contributed by atoms with E-state index in [1.807, 2.05) is 31.0 Å². The van der Waals surface area contributed by atoms with Crippen molar-refractivity contribution in [3.63, 3.8) is 0 Å². The molecule has 0 bridgehead atoms. The number of carbonyl (C=O) groups is 2. The third kappa shape index (κ3) is 11.8. The van der Waals surface area contributed by atoms with Gasteiger partial charge in [-0.2, -0.15) is 10.7 Å². The molecule has 0 fully saturated rings. The number of hydrogen-bond donors (Lipinski definition) is 3. The Morgan fingerprint density at radius 3 is 1.88 bits per heavy atom. The van der Waals surface area contributed by atoms with Crippen molar-refractivity contribution in [3.8, 4) is 0 Å².